The highest BCUT2D eigenvalue weighted by Gasteiger charge is 2.55. The number of hydrogen-bond donors (Lipinski definition) is 0. The molecule has 0 heterocycles. The fourth-order valence-electron chi connectivity index (χ4n) is 4.64. The lowest BCUT2D eigenvalue weighted by molar-refractivity contribution is -0.170. The van der Waals surface area contributed by atoms with E-state index in [9.17, 15) is 24.0 Å². The van der Waals surface area contributed by atoms with E-state index in [-0.39, 0.29) is 62.4 Å². The highest BCUT2D eigenvalue weighted by atomic mass is 16.5. The van der Waals surface area contributed by atoms with Crippen LogP contribution < -0.4 is 0 Å². The van der Waals surface area contributed by atoms with Crippen molar-refractivity contribution in [2.45, 2.75) is 51.4 Å². The Labute approximate surface area is 182 Å². The Kier molecular flexibility index (Phi) is 8.30. The molecule has 0 unspecified atom stereocenters. The molecular formula is C23H30O8. The number of carbonyl (C=O) groups is 5. The van der Waals surface area contributed by atoms with Gasteiger partial charge >= 0.3 is 17.9 Å². The van der Waals surface area contributed by atoms with E-state index < -0.39 is 28.7 Å². The molecule has 0 aliphatic heterocycles. The van der Waals surface area contributed by atoms with Crippen LogP contribution in [0.4, 0.5) is 0 Å². The maximum Gasteiger partial charge on any atom is 0.323 e. The van der Waals surface area contributed by atoms with Crippen LogP contribution in [0.3, 0.4) is 0 Å². The van der Waals surface area contributed by atoms with Gasteiger partial charge in [-0.1, -0.05) is 24.3 Å². The number of fused-ring (bicyclic) bond motifs is 1. The van der Waals surface area contributed by atoms with Gasteiger partial charge in [0, 0.05) is 25.2 Å². The molecule has 1 fully saturated rings. The second-order valence-corrected chi connectivity index (χ2v) is 8.01. The Morgan fingerprint density at radius 3 is 2.13 bits per heavy atom. The molecule has 0 amide bonds. The molecule has 2 aliphatic rings. The van der Waals surface area contributed by atoms with E-state index in [2.05, 4.69) is 0 Å². The zero-order valence-electron chi connectivity index (χ0n) is 18.3. The zero-order chi connectivity index (χ0) is 23.1. The third kappa shape index (κ3) is 4.78. The summed E-state index contributed by atoms with van der Waals surface area (Å²) < 4.78 is 14.7. The van der Waals surface area contributed by atoms with Crippen LogP contribution in [-0.2, 0) is 38.2 Å². The number of esters is 3. The summed E-state index contributed by atoms with van der Waals surface area (Å²) in [6, 6.07) is 0. The Morgan fingerprint density at radius 1 is 0.871 bits per heavy atom. The van der Waals surface area contributed by atoms with E-state index in [1.807, 2.05) is 0 Å². The summed E-state index contributed by atoms with van der Waals surface area (Å²) in [5.41, 5.74) is -2.88. The van der Waals surface area contributed by atoms with Crippen LogP contribution >= 0.6 is 0 Å². The molecule has 2 rings (SSSR count). The van der Waals surface area contributed by atoms with Crippen molar-refractivity contribution in [3.8, 4) is 0 Å². The summed E-state index contributed by atoms with van der Waals surface area (Å²) in [4.78, 5) is 62.9. The van der Waals surface area contributed by atoms with Gasteiger partial charge in [0.05, 0.1) is 21.3 Å². The van der Waals surface area contributed by atoms with Gasteiger partial charge in [0.25, 0.3) is 0 Å². The average molecular weight is 434 g/mol. The first-order chi connectivity index (χ1) is 14.8. The van der Waals surface area contributed by atoms with Crippen molar-refractivity contribution in [2.75, 3.05) is 21.3 Å². The van der Waals surface area contributed by atoms with Crippen molar-refractivity contribution in [3.63, 3.8) is 0 Å². The molecule has 0 aromatic rings. The van der Waals surface area contributed by atoms with E-state index in [0.29, 0.717) is 6.42 Å². The van der Waals surface area contributed by atoms with Crippen molar-refractivity contribution in [1.82, 2.24) is 0 Å². The minimum Gasteiger partial charge on any atom is -0.468 e. The Bertz CT molecular complexity index is 777. The van der Waals surface area contributed by atoms with E-state index in [4.69, 9.17) is 14.2 Å². The molecule has 2 atom stereocenters. The molecule has 170 valence electrons. The number of Topliss-reactive ketones (excluding diaryl/α,β-unsaturated/α-hetero) is 2. The summed E-state index contributed by atoms with van der Waals surface area (Å²) in [7, 11) is 3.66. The summed E-state index contributed by atoms with van der Waals surface area (Å²) >= 11 is 0. The van der Waals surface area contributed by atoms with Crippen LogP contribution in [0, 0.1) is 16.7 Å². The molecule has 1 saturated carbocycles. The topological polar surface area (TPSA) is 113 Å². The number of ether oxygens (including phenoxy) is 3. The molecule has 0 N–H and O–H groups in total. The van der Waals surface area contributed by atoms with Gasteiger partial charge in [0.1, 0.15) is 11.2 Å². The van der Waals surface area contributed by atoms with Crippen LogP contribution in [-0.4, -0.2) is 50.8 Å². The first-order valence-corrected chi connectivity index (χ1v) is 10.4. The van der Waals surface area contributed by atoms with Gasteiger partial charge in [-0.3, -0.25) is 24.0 Å². The molecular weight excluding hydrogens is 404 g/mol. The quantitative estimate of drug-likeness (QED) is 0.378. The number of methoxy groups -OCH3 is 3. The van der Waals surface area contributed by atoms with Gasteiger partial charge in [-0.15, -0.1) is 0 Å². The van der Waals surface area contributed by atoms with E-state index in [0.717, 1.165) is 0 Å². The number of carbonyl (C=O) groups excluding carboxylic acids is 5. The largest absolute Gasteiger partial charge is 0.468 e. The molecule has 8 nitrogen and oxygen atoms in total. The van der Waals surface area contributed by atoms with Crippen LogP contribution in [0.2, 0.25) is 0 Å². The number of ketones is 2. The second kappa shape index (κ2) is 10.5. The SMILES string of the molecule is COC(=O)C1(C(=O)OC)C/C=C/C=C/[C@H]2CCC(=O)[C@@]2(C(=O)OC)CCC(=O)CCC1. The summed E-state index contributed by atoms with van der Waals surface area (Å²) in [5, 5.41) is 0. The minimum atomic E-state index is -1.53. The lowest BCUT2D eigenvalue weighted by Gasteiger charge is -2.30. The smallest absolute Gasteiger partial charge is 0.323 e. The summed E-state index contributed by atoms with van der Waals surface area (Å²) in [6.07, 6.45) is 8.08. The normalized spacial score (nSPS) is 28.5. The van der Waals surface area contributed by atoms with E-state index >= 15 is 0 Å². The lowest BCUT2D eigenvalue weighted by atomic mass is 9.72. The molecule has 0 aromatic heterocycles. The van der Waals surface area contributed by atoms with E-state index in [1.165, 1.54) is 21.3 Å². The van der Waals surface area contributed by atoms with Crippen LogP contribution in [0.15, 0.2) is 24.3 Å². The van der Waals surface area contributed by atoms with Crippen molar-refractivity contribution in [3.05, 3.63) is 24.3 Å². The molecule has 0 spiro atoms. The third-order valence-corrected chi connectivity index (χ3v) is 6.43. The maximum atomic E-state index is 12.7. The second-order valence-electron chi connectivity index (χ2n) is 8.01. The van der Waals surface area contributed by atoms with Gasteiger partial charge in [0.15, 0.2) is 11.2 Å². The van der Waals surface area contributed by atoms with E-state index in [1.54, 1.807) is 24.3 Å². The molecule has 0 bridgehead atoms. The van der Waals surface area contributed by atoms with Gasteiger partial charge in [-0.2, -0.15) is 0 Å². The number of allylic oxidation sites excluding steroid dienone is 4. The Morgan fingerprint density at radius 2 is 1.52 bits per heavy atom. The minimum absolute atomic E-state index is 0.0322. The third-order valence-electron chi connectivity index (χ3n) is 6.43. The molecule has 2 aliphatic carbocycles. The Hall–Kier alpha value is -2.77. The fourth-order valence-corrected chi connectivity index (χ4v) is 4.64. The predicted octanol–water partition coefficient (Wildman–Crippen LogP) is 2.49. The van der Waals surface area contributed by atoms with Gasteiger partial charge in [-0.05, 0) is 32.1 Å². The van der Waals surface area contributed by atoms with Crippen molar-refractivity contribution in [1.29, 1.82) is 0 Å². The van der Waals surface area contributed by atoms with Crippen LogP contribution in [0.1, 0.15) is 51.4 Å². The van der Waals surface area contributed by atoms with Gasteiger partial charge < -0.3 is 14.2 Å². The highest BCUT2D eigenvalue weighted by molar-refractivity contribution is 6.06. The first kappa shape index (κ1) is 24.5. The average Bonchev–Trinajstić information content (AvgIpc) is 3.10. The standard InChI is InChI=1S/C23H30O8/c1-29-19(26)22(20(27)30-2)13-6-4-5-8-16-10-11-18(25)23(16,21(28)31-3)15-12-17(24)9-7-14-22/h4-6,8,16H,7,9-15H2,1-3H3/b6-4+,8-5+/t16-,23+/m0/s1. The molecule has 0 aromatic carbocycles. The monoisotopic (exact) mass is 434 g/mol. The van der Waals surface area contributed by atoms with Crippen molar-refractivity contribution in [2.24, 2.45) is 16.7 Å². The number of rotatable bonds is 3. The zero-order valence-corrected chi connectivity index (χ0v) is 18.3. The van der Waals surface area contributed by atoms with Crippen LogP contribution in [0.5, 0.6) is 0 Å². The molecule has 8 heteroatoms. The van der Waals surface area contributed by atoms with Crippen molar-refractivity contribution < 1.29 is 38.2 Å². The maximum absolute atomic E-state index is 12.7. The highest BCUT2D eigenvalue weighted by Crippen LogP contribution is 2.46. The fraction of sp³-hybridized carbons (Fsp3) is 0.609. The van der Waals surface area contributed by atoms with Gasteiger partial charge in [0.2, 0.25) is 0 Å². The molecule has 31 heavy (non-hydrogen) atoms. The molecule has 0 saturated heterocycles. The lowest BCUT2D eigenvalue weighted by Crippen LogP contribution is -2.42. The first-order valence-electron chi connectivity index (χ1n) is 10.4. The number of hydrogen-bond acceptors (Lipinski definition) is 8. The summed E-state index contributed by atoms with van der Waals surface area (Å²) in [5.74, 6) is -2.77. The van der Waals surface area contributed by atoms with Crippen molar-refractivity contribution >= 4 is 29.5 Å². The van der Waals surface area contributed by atoms with Crippen LogP contribution in [0.25, 0.3) is 0 Å². The van der Waals surface area contributed by atoms with Gasteiger partial charge in [-0.25, -0.2) is 0 Å². The summed E-state index contributed by atoms with van der Waals surface area (Å²) in [6.45, 7) is 0. The predicted molar refractivity (Wildman–Crippen MR) is 110 cm³/mol. The Balaban J connectivity index is 2.42. The molecule has 0 radical (unpaired) electrons.